The Morgan fingerprint density at radius 1 is 1.35 bits per heavy atom. The molecule has 7 heteroatoms. The van der Waals surface area contributed by atoms with E-state index in [1.165, 1.54) is 18.3 Å². The smallest absolute Gasteiger partial charge is 0.164 e. The highest BCUT2D eigenvalue weighted by molar-refractivity contribution is 5.81. The molecule has 0 atom stereocenters. The molecule has 2 aromatic rings. The molecule has 0 spiro atoms. The summed E-state index contributed by atoms with van der Waals surface area (Å²) in [5.74, 6) is -0.104. The van der Waals surface area contributed by atoms with Crippen molar-refractivity contribution in [2.45, 2.75) is 13.5 Å². The molecule has 0 aliphatic rings. The minimum absolute atomic E-state index is 0.202. The summed E-state index contributed by atoms with van der Waals surface area (Å²) in [6, 6.07) is 8.19. The van der Waals surface area contributed by atoms with Gasteiger partial charge in [0.05, 0.1) is 12.8 Å². The number of pyridine rings is 1. The lowest BCUT2D eigenvalue weighted by molar-refractivity contribution is 0.184. The Labute approximate surface area is 133 Å². The van der Waals surface area contributed by atoms with Crippen molar-refractivity contribution in [2.75, 3.05) is 12.5 Å². The Bertz CT molecular complexity index is 782. The van der Waals surface area contributed by atoms with Crippen LogP contribution < -0.4 is 5.43 Å². The quantitative estimate of drug-likeness (QED) is 0.444. The summed E-state index contributed by atoms with van der Waals surface area (Å²) >= 11 is 0. The number of anilines is 1. The maximum Gasteiger partial charge on any atom is 0.164 e. The summed E-state index contributed by atoms with van der Waals surface area (Å²) in [5.41, 5.74) is 5.12. The van der Waals surface area contributed by atoms with E-state index in [4.69, 9.17) is 4.74 Å². The molecule has 0 bridgehead atoms. The van der Waals surface area contributed by atoms with Gasteiger partial charge in [-0.1, -0.05) is 0 Å². The molecule has 1 heterocycles. The molecule has 0 saturated heterocycles. The van der Waals surface area contributed by atoms with Gasteiger partial charge >= 0.3 is 0 Å². The molecule has 0 aliphatic heterocycles. The second kappa shape index (κ2) is 7.24. The number of phenolic OH excluding ortho intramolecular Hbond substituents is 2. The van der Waals surface area contributed by atoms with Crippen molar-refractivity contribution >= 4 is 12.0 Å². The van der Waals surface area contributed by atoms with Crippen LogP contribution in [0.1, 0.15) is 22.4 Å². The summed E-state index contributed by atoms with van der Waals surface area (Å²) in [6.45, 7) is 2.11. The fraction of sp³-hybridized carbons (Fsp3) is 0.188. The molecule has 0 radical (unpaired) electrons. The van der Waals surface area contributed by atoms with Crippen LogP contribution in [0.4, 0.5) is 5.82 Å². The molecule has 23 heavy (non-hydrogen) atoms. The normalized spacial score (nSPS) is 10.7. The highest BCUT2D eigenvalue weighted by atomic mass is 16.5. The third-order valence-electron chi connectivity index (χ3n) is 3.02. The van der Waals surface area contributed by atoms with Crippen molar-refractivity contribution in [3.8, 4) is 17.6 Å². The van der Waals surface area contributed by atoms with Gasteiger partial charge < -0.3 is 14.9 Å². The first kappa shape index (κ1) is 16.3. The first-order valence-corrected chi connectivity index (χ1v) is 6.75. The molecule has 0 aliphatic carbocycles. The zero-order valence-corrected chi connectivity index (χ0v) is 12.7. The lowest BCUT2D eigenvalue weighted by Crippen LogP contribution is -2.03. The SMILES string of the molecule is COCc1cc(C)nc(NN=Cc2ccc(O)c(O)c2)c1C#N. The molecule has 118 valence electrons. The topological polar surface area (TPSA) is 111 Å². The minimum Gasteiger partial charge on any atom is -0.504 e. The van der Waals surface area contributed by atoms with E-state index >= 15 is 0 Å². The molecule has 2 rings (SSSR count). The molecule has 0 amide bonds. The van der Waals surface area contributed by atoms with E-state index in [1.54, 1.807) is 19.2 Å². The van der Waals surface area contributed by atoms with Crippen LogP contribution in [0.2, 0.25) is 0 Å². The van der Waals surface area contributed by atoms with Gasteiger partial charge in [-0.05, 0) is 36.8 Å². The number of hydrogen-bond donors (Lipinski definition) is 3. The van der Waals surface area contributed by atoms with Gasteiger partial charge in [0.1, 0.15) is 11.6 Å². The molecule has 1 aromatic heterocycles. The van der Waals surface area contributed by atoms with Gasteiger partial charge in [-0.25, -0.2) is 4.98 Å². The molecular weight excluding hydrogens is 296 g/mol. The van der Waals surface area contributed by atoms with Crippen molar-refractivity contribution in [3.05, 3.63) is 46.6 Å². The number of ether oxygens (including phenoxy) is 1. The van der Waals surface area contributed by atoms with Crippen LogP contribution in [0.25, 0.3) is 0 Å². The lowest BCUT2D eigenvalue weighted by Gasteiger charge is -2.09. The van der Waals surface area contributed by atoms with Gasteiger partial charge in [0, 0.05) is 18.4 Å². The Morgan fingerprint density at radius 3 is 2.78 bits per heavy atom. The Morgan fingerprint density at radius 2 is 2.13 bits per heavy atom. The highest BCUT2D eigenvalue weighted by Crippen LogP contribution is 2.24. The number of aromatic hydroxyl groups is 2. The van der Waals surface area contributed by atoms with E-state index in [-0.39, 0.29) is 11.5 Å². The average molecular weight is 312 g/mol. The average Bonchev–Trinajstić information content (AvgIpc) is 2.51. The summed E-state index contributed by atoms with van der Waals surface area (Å²) in [5, 5.41) is 32.0. The third kappa shape index (κ3) is 3.96. The monoisotopic (exact) mass is 312 g/mol. The van der Waals surface area contributed by atoms with E-state index in [9.17, 15) is 15.5 Å². The largest absolute Gasteiger partial charge is 0.504 e. The zero-order chi connectivity index (χ0) is 16.8. The molecule has 0 unspecified atom stereocenters. The Balaban J connectivity index is 2.24. The summed E-state index contributed by atoms with van der Waals surface area (Å²) in [4.78, 5) is 4.26. The van der Waals surface area contributed by atoms with Gasteiger partial charge in [0.25, 0.3) is 0 Å². The van der Waals surface area contributed by atoms with E-state index in [2.05, 4.69) is 21.6 Å². The lowest BCUT2D eigenvalue weighted by atomic mass is 10.1. The van der Waals surface area contributed by atoms with Gasteiger partial charge in [0.15, 0.2) is 17.3 Å². The van der Waals surface area contributed by atoms with Crippen LogP contribution >= 0.6 is 0 Å². The molecule has 0 saturated carbocycles. The van der Waals surface area contributed by atoms with Crippen LogP contribution in [0.15, 0.2) is 29.4 Å². The predicted octanol–water partition coefficient (Wildman–Crippen LogP) is 2.27. The third-order valence-corrected chi connectivity index (χ3v) is 3.02. The van der Waals surface area contributed by atoms with E-state index in [0.717, 1.165) is 11.3 Å². The van der Waals surface area contributed by atoms with Crippen LogP contribution in [-0.2, 0) is 11.3 Å². The van der Waals surface area contributed by atoms with Crippen molar-refractivity contribution in [1.82, 2.24) is 4.98 Å². The Hall–Kier alpha value is -3.11. The fourth-order valence-electron chi connectivity index (χ4n) is 2.00. The van der Waals surface area contributed by atoms with Crippen LogP contribution in [-0.4, -0.2) is 28.5 Å². The first-order chi connectivity index (χ1) is 11.0. The Kier molecular flexibility index (Phi) is 5.12. The summed E-state index contributed by atoms with van der Waals surface area (Å²) < 4.78 is 5.08. The second-order valence-electron chi connectivity index (χ2n) is 4.81. The number of methoxy groups -OCH3 is 1. The number of nitrogens with zero attached hydrogens (tertiary/aromatic N) is 3. The van der Waals surface area contributed by atoms with Crippen LogP contribution in [0.5, 0.6) is 11.5 Å². The number of hydrazone groups is 1. The molecular formula is C16H16N4O3. The highest BCUT2D eigenvalue weighted by Gasteiger charge is 2.10. The molecule has 0 fully saturated rings. The summed E-state index contributed by atoms with van der Waals surface area (Å²) in [6.07, 6.45) is 1.44. The van der Waals surface area contributed by atoms with Crippen molar-refractivity contribution in [2.24, 2.45) is 5.10 Å². The number of hydrogen-bond acceptors (Lipinski definition) is 7. The fourth-order valence-corrected chi connectivity index (χ4v) is 2.00. The van der Waals surface area contributed by atoms with Crippen molar-refractivity contribution < 1.29 is 14.9 Å². The maximum absolute atomic E-state index is 9.43. The molecule has 1 aromatic carbocycles. The number of nitriles is 1. The van der Waals surface area contributed by atoms with E-state index in [1.807, 2.05) is 6.92 Å². The number of aryl methyl sites for hydroxylation is 1. The number of aromatic nitrogens is 1. The van der Waals surface area contributed by atoms with Gasteiger partial charge in [0.2, 0.25) is 0 Å². The minimum atomic E-state index is -0.234. The van der Waals surface area contributed by atoms with Crippen LogP contribution in [0, 0.1) is 18.3 Å². The molecule has 7 nitrogen and oxygen atoms in total. The first-order valence-electron chi connectivity index (χ1n) is 6.75. The molecule has 3 N–H and O–H groups in total. The number of phenols is 2. The summed E-state index contributed by atoms with van der Waals surface area (Å²) in [7, 11) is 1.56. The number of benzene rings is 1. The van der Waals surface area contributed by atoms with Gasteiger partial charge in [-0.15, -0.1) is 0 Å². The van der Waals surface area contributed by atoms with Gasteiger partial charge in [-0.3, -0.25) is 5.43 Å². The van der Waals surface area contributed by atoms with E-state index in [0.29, 0.717) is 23.6 Å². The standard InChI is InChI=1S/C16H16N4O3/c1-10-5-12(9-23-2)13(7-17)16(19-10)20-18-8-11-3-4-14(21)15(22)6-11/h3-6,8,21-22H,9H2,1-2H3,(H,19,20). The number of nitrogens with one attached hydrogen (secondary N) is 1. The van der Waals surface area contributed by atoms with Crippen LogP contribution in [0.3, 0.4) is 0 Å². The number of rotatable bonds is 5. The van der Waals surface area contributed by atoms with Crippen molar-refractivity contribution in [3.63, 3.8) is 0 Å². The predicted molar refractivity (Wildman–Crippen MR) is 85.4 cm³/mol. The van der Waals surface area contributed by atoms with Gasteiger partial charge in [-0.2, -0.15) is 10.4 Å². The van der Waals surface area contributed by atoms with Crippen molar-refractivity contribution in [1.29, 1.82) is 5.26 Å². The van der Waals surface area contributed by atoms with E-state index < -0.39 is 0 Å². The second-order valence-corrected chi connectivity index (χ2v) is 4.81. The maximum atomic E-state index is 9.43. The zero-order valence-electron chi connectivity index (χ0n) is 12.7.